The molecule has 0 spiro atoms. The molecular weight excluding hydrogens is 333 g/mol. The minimum atomic E-state index is -4.53. The highest BCUT2D eigenvalue weighted by Crippen LogP contribution is 2.31. The van der Waals surface area contributed by atoms with E-state index in [2.05, 4.69) is 15.2 Å². The van der Waals surface area contributed by atoms with Crippen LogP contribution in [0, 0.1) is 0 Å². The van der Waals surface area contributed by atoms with Gasteiger partial charge in [0.25, 0.3) is 0 Å². The van der Waals surface area contributed by atoms with Crippen molar-refractivity contribution in [3.8, 4) is 5.75 Å². The molecule has 1 aromatic carbocycles. The first-order valence-corrected chi connectivity index (χ1v) is 7.37. The molecule has 23 heavy (non-hydrogen) atoms. The smallest absolute Gasteiger partial charge is 0.406 e. The molecule has 10 heteroatoms. The molecule has 2 aromatic rings. The van der Waals surface area contributed by atoms with Gasteiger partial charge in [0.05, 0.1) is 18.6 Å². The van der Waals surface area contributed by atoms with E-state index >= 15 is 0 Å². The molecule has 2 rings (SSSR count). The van der Waals surface area contributed by atoms with Crippen LogP contribution in [-0.2, 0) is 4.79 Å². The Balaban J connectivity index is 2.21. The number of nitrogens with zero attached hydrogens (tertiary/aromatic N) is 3. The first kappa shape index (κ1) is 17.1. The van der Waals surface area contributed by atoms with Gasteiger partial charge in [0.1, 0.15) is 18.6 Å². The van der Waals surface area contributed by atoms with Gasteiger partial charge >= 0.3 is 6.18 Å². The minimum Gasteiger partial charge on any atom is -0.495 e. The number of halogens is 3. The Kier molecular flexibility index (Phi) is 5.48. The molecule has 0 saturated carbocycles. The maximum absolute atomic E-state index is 12.8. The van der Waals surface area contributed by atoms with Crippen molar-refractivity contribution in [1.29, 1.82) is 0 Å². The molecule has 6 nitrogen and oxygen atoms in total. The number of methoxy groups -OCH3 is 1. The third-order valence-electron chi connectivity index (χ3n) is 2.74. The van der Waals surface area contributed by atoms with Crippen LogP contribution < -0.4 is 9.64 Å². The van der Waals surface area contributed by atoms with E-state index in [0.29, 0.717) is 10.1 Å². The zero-order chi connectivity index (χ0) is 16.9. The number of hydrogen-bond acceptors (Lipinski definition) is 5. The third-order valence-corrected chi connectivity index (χ3v) is 3.60. The highest BCUT2D eigenvalue weighted by atomic mass is 32.2. The quantitative estimate of drug-likeness (QED) is 0.814. The number of ether oxygens (including phenoxy) is 1. The molecule has 0 atom stereocenters. The highest BCUT2D eigenvalue weighted by Gasteiger charge is 2.34. The van der Waals surface area contributed by atoms with Crippen LogP contribution in [-0.4, -0.2) is 46.7 Å². The van der Waals surface area contributed by atoms with E-state index in [9.17, 15) is 18.0 Å². The highest BCUT2D eigenvalue weighted by molar-refractivity contribution is 7.99. The van der Waals surface area contributed by atoms with Crippen LogP contribution in [0.15, 0.2) is 35.7 Å². The number of H-pyrrole nitrogens is 1. The fourth-order valence-corrected chi connectivity index (χ4v) is 2.47. The van der Waals surface area contributed by atoms with E-state index in [4.69, 9.17) is 4.74 Å². The van der Waals surface area contributed by atoms with E-state index in [1.165, 1.54) is 31.6 Å². The van der Waals surface area contributed by atoms with Gasteiger partial charge in [-0.3, -0.25) is 14.8 Å². The summed E-state index contributed by atoms with van der Waals surface area (Å²) in [6, 6.07) is 6.05. The summed E-state index contributed by atoms with van der Waals surface area (Å²) >= 11 is 0.969. The fraction of sp³-hybridized carbons (Fsp3) is 0.308. The largest absolute Gasteiger partial charge is 0.495 e. The van der Waals surface area contributed by atoms with E-state index in [0.717, 1.165) is 11.8 Å². The Morgan fingerprint density at radius 1 is 1.39 bits per heavy atom. The molecule has 0 fully saturated rings. The van der Waals surface area contributed by atoms with E-state index in [1.807, 2.05) is 0 Å². The molecule has 1 N–H and O–H groups in total. The Hall–Kier alpha value is -2.23. The zero-order valence-corrected chi connectivity index (χ0v) is 12.8. The van der Waals surface area contributed by atoms with Crippen LogP contribution in [0.5, 0.6) is 5.75 Å². The molecule has 0 aliphatic heterocycles. The van der Waals surface area contributed by atoms with Crippen molar-refractivity contribution in [1.82, 2.24) is 15.2 Å². The maximum atomic E-state index is 12.8. The van der Waals surface area contributed by atoms with Gasteiger partial charge in [0.15, 0.2) is 5.16 Å². The molecule has 0 radical (unpaired) electrons. The van der Waals surface area contributed by atoms with Crippen LogP contribution in [0.4, 0.5) is 18.9 Å². The van der Waals surface area contributed by atoms with Crippen LogP contribution in [0.2, 0.25) is 0 Å². The number of benzene rings is 1. The predicted molar refractivity (Wildman–Crippen MR) is 78.5 cm³/mol. The maximum Gasteiger partial charge on any atom is 0.406 e. The van der Waals surface area contributed by atoms with Crippen LogP contribution in [0.3, 0.4) is 0 Å². The Morgan fingerprint density at radius 3 is 2.74 bits per heavy atom. The second-order valence-corrected chi connectivity index (χ2v) is 5.31. The Morgan fingerprint density at radius 2 is 2.13 bits per heavy atom. The van der Waals surface area contributed by atoms with Gasteiger partial charge in [0, 0.05) is 0 Å². The fourth-order valence-electron chi connectivity index (χ4n) is 1.81. The number of para-hydroxylation sites is 2. The number of thioether (sulfide) groups is 1. The Bertz CT molecular complexity index is 649. The van der Waals surface area contributed by atoms with Crippen molar-refractivity contribution in [2.45, 2.75) is 11.3 Å². The van der Waals surface area contributed by atoms with Gasteiger partial charge in [-0.05, 0) is 12.1 Å². The molecule has 1 aromatic heterocycles. The lowest BCUT2D eigenvalue weighted by atomic mass is 10.2. The summed E-state index contributed by atoms with van der Waals surface area (Å²) in [7, 11) is 1.33. The number of anilines is 1. The SMILES string of the molecule is COc1ccccc1N(CC(F)(F)F)C(=O)CSc1ncn[nH]1. The minimum absolute atomic E-state index is 0.0653. The molecule has 1 heterocycles. The van der Waals surface area contributed by atoms with Crippen molar-refractivity contribution in [3.63, 3.8) is 0 Å². The first-order chi connectivity index (χ1) is 10.9. The van der Waals surface area contributed by atoms with Gasteiger partial charge in [-0.25, -0.2) is 4.98 Å². The van der Waals surface area contributed by atoms with Crippen LogP contribution >= 0.6 is 11.8 Å². The molecular formula is C13H13F3N4O2S. The van der Waals surface area contributed by atoms with Gasteiger partial charge in [-0.15, -0.1) is 0 Å². The summed E-state index contributed by atoms with van der Waals surface area (Å²) in [5, 5.41) is 6.49. The zero-order valence-electron chi connectivity index (χ0n) is 12.0. The molecule has 0 saturated heterocycles. The summed E-state index contributed by atoms with van der Waals surface area (Å²) in [5.41, 5.74) is 0.0653. The van der Waals surface area contributed by atoms with E-state index < -0.39 is 18.6 Å². The standard InChI is InChI=1S/C13H13F3N4O2S/c1-22-10-5-3-2-4-9(10)20(7-13(14,15)16)11(21)6-23-12-17-8-18-19-12/h2-5,8H,6-7H2,1H3,(H,17,18,19). The summed E-state index contributed by atoms with van der Waals surface area (Å²) in [4.78, 5) is 16.7. The number of nitrogens with one attached hydrogen (secondary N) is 1. The van der Waals surface area contributed by atoms with Gasteiger partial charge in [-0.2, -0.15) is 18.3 Å². The third kappa shape index (κ3) is 4.88. The molecule has 0 aliphatic rings. The molecule has 124 valence electrons. The number of amides is 1. The summed E-state index contributed by atoms with van der Waals surface area (Å²) in [5.74, 6) is -0.744. The average Bonchev–Trinajstić information content (AvgIpc) is 3.03. The molecule has 0 bridgehead atoms. The Labute approximate surface area is 134 Å². The number of rotatable bonds is 6. The summed E-state index contributed by atoms with van der Waals surface area (Å²) < 4.78 is 43.5. The van der Waals surface area contributed by atoms with Gasteiger partial charge in [0.2, 0.25) is 5.91 Å². The predicted octanol–water partition coefficient (Wildman–Crippen LogP) is 2.50. The van der Waals surface area contributed by atoms with Crippen molar-refractivity contribution in [2.75, 3.05) is 24.3 Å². The second kappa shape index (κ2) is 7.36. The van der Waals surface area contributed by atoms with E-state index in [-0.39, 0.29) is 17.2 Å². The van der Waals surface area contributed by atoms with Gasteiger partial charge in [-0.1, -0.05) is 23.9 Å². The van der Waals surface area contributed by atoms with Crippen molar-refractivity contribution in [2.24, 2.45) is 0 Å². The number of carbonyl (C=O) groups excluding carboxylic acids is 1. The van der Waals surface area contributed by atoms with Crippen molar-refractivity contribution in [3.05, 3.63) is 30.6 Å². The average molecular weight is 346 g/mol. The lowest BCUT2D eigenvalue weighted by molar-refractivity contribution is -0.131. The van der Waals surface area contributed by atoms with Crippen LogP contribution in [0.1, 0.15) is 0 Å². The van der Waals surface area contributed by atoms with Crippen molar-refractivity contribution < 1.29 is 22.7 Å². The second-order valence-electron chi connectivity index (χ2n) is 4.35. The number of hydrogen-bond donors (Lipinski definition) is 1. The number of aromatic amines is 1. The van der Waals surface area contributed by atoms with Crippen molar-refractivity contribution >= 4 is 23.4 Å². The number of aromatic nitrogens is 3. The molecule has 0 aliphatic carbocycles. The topological polar surface area (TPSA) is 71.1 Å². The lowest BCUT2D eigenvalue weighted by Gasteiger charge is -2.25. The summed E-state index contributed by atoms with van der Waals surface area (Å²) in [6.07, 6.45) is -3.28. The summed E-state index contributed by atoms with van der Waals surface area (Å²) in [6.45, 7) is -1.40. The monoisotopic (exact) mass is 346 g/mol. The number of alkyl halides is 3. The molecule has 0 unspecified atom stereocenters. The van der Waals surface area contributed by atoms with Gasteiger partial charge < -0.3 is 4.74 Å². The van der Waals surface area contributed by atoms with E-state index in [1.54, 1.807) is 6.07 Å². The first-order valence-electron chi connectivity index (χ1n) is 6.39. The molecule has 1 amide bonds. The lowest BCUT2D eigenvalue weighted by Crippen LogP contribution is -2.40. The van der Waals surface area contributed by atoms with Crippen LogP contribution in [0.25, 0.3) is 0 Å². The number of carbonyl (C=O) groups is 1. The normalized spacial score (nSPS) is 11.3.